The maximum atomic E-state index is 13.7. The molecule has 0 aliphatic carbocycles. The molecule has 4 heterocycles. The summed E-state index contributed by atoms with van der Waals surface area (Å²) in [5.74, 6) is 0.604. The number of ether oxygens (including phenoxy) is 4. The lowest BCUT2D eigenvalue weighted by Crippen LogP contribution is -2.17. The predicted molar refractivity (Wildman–Crippen MR) is 165 cm³/mol. The van der Waals surface area contributed by atoms with Crippen LogP contribution in [0.4, 0.5) is 0 Å². The maximum Gasteiger partial charge on any atom is 0.355 e. The number of carbonyl (C=O) groups excluding carboxylic acids is 1. The quantitative estimate of drug-likeness (QED) is 0.158. The fourth-order valence-electron chi connectivity index (χ4n) is 6.60. The second-order valence-electron chi connectivity index (χ2n) is 11.1. The molecule has 0 radical (unpaired) electrons. The van der Waals surface area contributed by atoms with Gasteiger partial charge in [0.15, 0.2) is 0 Å². The molecule has 0 unspecified atom stereocenters. The molecule has 0 spiro atoms. The molecular weight excluding hydrogens is 542 g/mol. The first-order valence-corrected chi connectivity index (χ1v) is 15.4. The Balaban J connectivity index is 1.31. The molecule has 0 atom stereocenters. The molecule has 0 saturated heterocycles. The molecule has 2 aliphatic rings. The van der Waals surface area contributed by atoms with Crippen molar-refractivity contribution in [3.63, 3.8) is 0 Å². The number of aryl methyl sites for hydroxylation is 2. The number of para-hydroxylation sites is 1. The van der Waals surface area contributed by atoms with E-state index < -0.39 is 0 Å². The Kier molecular flexibility index (Phi) is 7.87. The largest absolute Gasteiger partial charge is 0.493 e. The van der Waals surface area contributed by atoms with Crippen LogP contribution in [0.15, 0.2) is 60.7 Å². The molecule has 8 nitrogen and oxygen atoms in total. The summed E-state index contributed by atoms with van der Waals surface area (Å²) in [6, 6.07) is 20.8. The number of benzene rings is 3. The Morgan fingerprint density at radius 3 is 2.70 bits per heavy atom. The zero-order chi connectivity index (χ0) is 29.2. The SMILES string of the molecule is CCOC(=O)c1c(CCCOc2cccc3ccccc23)c2cccc3c2n1CCCCOCc1nn2c(c1-3)COCC2. The molecule has 0 saturated carbocycles. The molecule has 0 bridgehead atoms. The lowest BCUT2D eigenvalue weighted by molar-refractivity contribution is 0.0512. The summed E-state index contributed by atoms with van der Waals surface area (Å²) < 4.78 is 28.2. The van der Waals surface area contributed by atoms with Crippen LogP contribution in [0, 0.1) is 0 Å². The highest BCUT2D eigenvalue weighted by Crippen LogP contribution is 2.40. The lowest BCUT2D eigenvalue weighted by atomic mass is 9.98. The third-order valence-electron chi connectivity index (χ3n) is 8.48. The van der Waals surface area contributed by atoms with Gasteiger partial charge in [0.05, 0.1) is 56.5 Å². The van der Waals surface area contributed by atoms with Crippen molar-refractivity contribution in [1.29, 1.82) is 0 Å². The van der Waals surface area contributed by atoms with E-state index in [1.165, 1.54) is 0 Å². The van der Waals surface area contributed by atoms with E-state index >= 15 is 0 Å². The summed E-state index contributed by atoms with van der Waals surface area (Å²) >= 11 is 0. The number of carbonyl (C=O) groups is 1. The minimum absolute atomic E-state index is 0.277. The van der Waals surface area contributed by atoms with E-state index in [4.69, 9.17) is 24.0 Å². The molecule has 0 N–H and O–H groups in total. The molecule has 0 amide bonds. The summed E-state index contributed by atoms with van der Waals surface area (Å²) in [6.07, 6.45) is 3.23. The van der Waals surface area contributed by atoms with Crippen LogP contribution in [0.3, 0.4) is 0 Å². The third kappa shape index (κ3) is 5.19. The number of esters is 1. The van der Waals surface area contributed by atoms with Gasteiger partial charge in [-0.05, 0) is 49.6 Å². The molecule has 5 aromatic rings. The molecule has 8 heteroatoms. The van der Waals surface area contributed by atoms with Crippen LogP contribution >= 0.6 is 0 Å². The predicted octanol–water partition coefficient (Wildman–Crippen LogP) is 6.69. The van der Waals surface area contributed by atoms with Gasteiger partial charge < -0.3 is 23.5 Å². The number of hydrogen-bond acceptors (Lipinski definition) is 6. The maximum absolute atomic E-state index is 13.7. The van der Waals surface area contributed by atoms with Crippen molar-refractivity contribution in [2.45, 2.75) is 58.9 Å². The summed E-state index contributed by atoms with van der Waals surface area (Å²) in [7, 11) is 0. The Labute approximate surface area is 251 Å². The Bertz CT molecular complexity index is 1780. The topological polar surface area (TPSA) is 76.7 Å². The fraction of sp³-hybridized carbons (Fsp3) is 0.371. The van der Waals surface area contributed by atoms with E-state index in [0.717, 1.165) is 81.3 Å². The average Bonchev–Trinajstić information content (AvgIpc) is 3.55. The number of hydrogen-bond donors (Lipinski definition) is 0. The third-order valence-corrected chi connectivity index (χ3v) is 8.48. The van der Waals surface area contributed by atoms with Gasteiger partial charge in [0, 0.05) is 35.1 Å². The van der Waals surface area contributed by atoms with Gasteiger partial charge in [0.2, 0.25) is 0 Å². The molecule has 7 rings (SSSR count). The van der Waals surface area contributed by atoms with Crippen molar-refractivity contribution in [2.75, 3.05) is 26.4 Å². The van der Waals surface area contributed by atoms with Crippen LogP contribution in [0.1, 0.15) is 53.6 Å². The highest BCUT2D eigenvalue weighted by atomic mass is 16.5. The van der Waals surface area contributed by atoms with Crippen LogP contribution in [0.5, 0.6) is 5.75 Å². The van der Waals surface area contributed by atoms with Gasteiger partial charge in [-0.3, -0.25) is 4.68 Å². The van der Waals surface area contributed by atoms with Crippen molar-refractivity contribution in [1.82, 2.24) is 14.3 Å². The summed E-state index contributed by atoms with van der Waals surface area (Å²) in [5.41, 5.74) is 6.83. The van der Waals surface area contributed by atoms with E-state index in [1.54, 1.807) is 0 Å². The van der Waals surface area contributed by atoms with Crippen LogP contribution in [-0.2, 0) is 46.9 Å². The van der Waals surface area contributed by atoms with Gasteiger partial charge in [-0.2, -0.15) is 5.10 Å². The van der Waals surface area contributed by atoms with E-state index in [2.05, 4.69) is 45.6 Å². The second kappa shape index (κ2) is 12.2. The Morgan fingerprint density at radius 1 is 0.930 bits per heavy atom. The summed E-state index contributed by atoms with van der Waals surface area (Å²) in [4.78, 5) is 13.7. The normalized spacial score (nSPS) is 15.1. The molecule has 3 aromatic carbocycles. The fourth-order valence-corrected chi connectivity index (χ4v) is 6.60. The minimum atomic E-state index is -0.277. The van der Waals surface area contributed by atoms with Crippen LogP contribution in [-0.4, -0.2) is 46.7 Å². The van der Waals surface area contributed by atoms with Gasteiger partial charge in [0.1, 0.15) is 11.4 Å². The summed E-state index contributed by atoms with van der Waals surface area (Å²) in [6.45, 7) is 6.39. The number of rotatable bonds is 7. The lowest BCUT2D eigenvalue weighted by Gasteiger charge is -2.17. The first-order valence-electron chi connectivity index (χ1n) is 15.4. The standard InChI is InChI=1S/C35H37N3O5/c1-2-42-35(39)34-27(15-9-20-43-31-16-7-11-24-10-3-4-12-25(24)31)26-13-8-14-28-32-29(36-38-18-21-41-23-30(32)38)22-40-19-6-5-17-37(34)33(26)28/h3-4,7-8,10-14,16H,2,5-6,9,15,17-23H2,1H3. The zero-order valence-electron chi connectivity index (χ0n) is 24.6. The Hall–Kier alpha value is -4.14. The van der Waals surface area contributed by atoms with Crippen molar-refractivity contribution < 1.29 is 23.7 Å². The average molecular weight is 580 g/mol. The van der Waals surface area contributed by atoms with Crippen molar-refractivity contribution in [2.24, 2.45) is 0 Å². The van der Waals surface area contributed by atoms with Gasteiger partial charge in [0.25, 0.3) is 0 Å². The first kappa shape index (κ1) is 27.7. The highest BCUT2D eigenvalue weighted by Gasteiger charge is 2.29. The van der Waals surface area contributed by atoms with Crippen LogP contribution in [0.25, 0.3) is 32.8 Å². The first-order chi connectivity index (χ1) is 21.2. The van der Waals surface area contributed by atoms with E-state index in [1.807, 2.05) is 31.2 Å². The number of fused-ring (bicyclic) bond motifs is 5. The number of nitrogens with zero attached hydrogens (tertiary/aromatic N) is 3. The molecule has 2 aromatic heterocycles. The van der Waals surface area contributed by atoms with E-state index in [0.29, 0.717) is 58.3 Å². The summed E-state index contributed by atoms with van der Waals surface area (Å²) in [5, 5.41) is 8.30. The Morgan fingerprint density at radius 2 is 1.77 bits per heavy atom. The highest BCUT2D eigenvalue weighted by molar-refractivity contribution is 6.05. The van der Waals surface area contributed by atoms with Crippen LogP contribution < -0.4 is 4.74 Å². The molecular formula is C35H37N3O5. The van der Waals surface area contributed by atoms with E-state index in [9.17, 15) is 4.79 Å². The van der Waals surface area contributed by atoms with Crippen molar-refractivity contribution in [3.8, 4) is 16.9 Å². The molecule has 222 valence electrons. The molecule has 2 aliphatic heterocycles. The van der Waals surface area contributed by atoms with E-state index in [-0.39, 0.29) is 5.97 Å². The molecule has 43 heavy (non-hydrogen) atoms. The second-order valence-corrected chi connectivity index (χ2v) is 11.1. The van der Waals surface area contributed by atoms with Gasteiger partial charge in [-0.1, -0.05) is 54.6 Å². The van der Waals surface area contributed by atoms with Gasteiger partial charge in [-0.25, -0.2) is 4.79 Å². The minimum Gasteiger partial charge on any atom is -0.493 e. The van der Waals surface area contributed by atoms with Crippen molar-refractivity contribution in [3.05, 3.63) is 83.3 Å². The monoisotopic (exact) mass is 579 g/mol. The molecule has 0 fully saturated rings. The zero-order valence-corrected chi connectivity index (χ0v) is 24.6. The van der Waals surface area contributed by atoms with Crippen LogP contribution in [0.2, 0.25) is 0 Å². The smallest absolute Gasteiger partial charge is 0.355 e. The van der Waals surface area contributed by atoms with Gasteiger partial charge >= 0.3 is 5.97 Å². The van der Waals surface area contributed by atoms with Crippen molar-refractivity contribution >= 4 is 27.6 Å². The number of aromatic nitrogens is 3. The van der Waals surface area contributed by atoms with Gasteiger partial charge in [-0.15, -0.1) is 0 Å².